The summed E-state index contributed by atoms with van der Waals surface area (Å²) in [5, 5.41) is 36.4. The van der Waals surface area contributed by atoms with E-state index in [1.807, 2.05) is 45.0 Å². The first-order valence-electron chi connectivity index (χ1n) is 12.2. The normalized spacial score (nSPS) is 17.1. The van der Waals surface area contributed by atoms with Crippen LogP contribution in [0.25, 0.3) is 11.1 Å². The molecule has 5 N–H and O–H groups in total. The molecule has 0 spiro atoms. The summed E-state index contributed by atoms with van der Waals surface area (Å²) in [6.07, 6.45) is -0.582. The molecule has 0 saturated carbocycles. The number of benzene rings is 2. The van der Waals surface area contributed by atoms with Gasteiger partial charge < -0.3 is 24.8 Å². The summed E-state index contributed by atoms with van der Waals surface area (Å²) in [7, 11) is 0. The van der Waals surface area contributed by atoms with Crippen molar-refractivity contribution < 1.29 is 24.8 Å². The fourth-order valence-corrected chi connectivity index (χ4v) is 4.41. The van der Waals surface area contributed by atoms with E-state index in [2.05, 4.69) is 34.9 Å². The fourth-order valence-electron chi connectivity index (χ4n) is 4.41. The molecule has 0 radical (unpaired) electrons. The van der Waals surface area contributed by atoms with Crippen molar-refractivity contribution in [2.45, 2.75) is 83.5 Å². The minimum atomic E-state index is -1.18. The molecule has 0 fully saturated rings. The van der Waals surface area contributed by atoms with E-state index in [4.69, 9.17) is 9.47 Å². The molecule has 7 nitrogen and oxygen atoms in total. The van der Waals surface area contributed by atoms with Gasteiger partial charge in [-0.3, -0.25) is 10.6 Å². The molecule has 0 amide bonds. The van der Waals surface area contributed by atoms with E-state index in [0.717, 1.165) is 12.8 Å². The second kappa shape index (κ2) is 12.2. The topological polar surface area (TPSA) is 103 Å². The number of hydrogen-bond donors (Lipinski definition) is 5. The number of hydrogen-bond acceptors (Lipinski definition) is 7. The van der Waals surface area contributed by atoms with Gasteiger partial charge in [0, 0.05) is 12.0 Å². The van der Waals surface area contributed by atoms with Gasteiger partial charge in [0.25, 0.3) is 0 Å². The number of unbranched alkanes of at least 4 members (excludes halogenated alkanes) is 1. The molecule has 2 aromatic carbocycles. The van der Waals surface area contributed by atoms with E-state index >= 15 is 0 Å². The van der Waals surface area contributed by atoms with Gasteiger partial charge in [-0.15, -0.1) is 0 Å². The maximum atomic E-state index is 10.5. The number of fused-ring (bicyclic) bond motifs is 3. The third kappa shape index (κ3) is 7.58. The molecule has 1 aliphatic carbocycles. The Morgan fingerprint density at radius 1 is 0.882 bits per heavy atom. The molecular weight excluding hydrogens is 432 g/mol. The molecule has 2 aromatic rings. The van der Waals surface area contributed by atoms with Crippen molar-refractivity contribution in [1.29, 1.82) is 0 Å². The van der Waals surface area contributed by atoms with Crippen LogP contribution in [0.5, 0.6) is 0 Å². The molecule has 0 bridgehead atoms. The Hall–Kier alpha value is -1.84. The Morgan fingerprint density at radius 3 is 2.03 bits per heavy atom. The van der Waals surface area contributed by atoms with Crippen molar-refractivity contribution in [2.75, 3.05) is 13.2 Å². The van der Waals surface area contributed by atoms with Gasteiger partial charge in [-0.1, -0.05) is 55.0 Å². The van der Waals surface area contributed by atoms with E-state index in [1.165, 1.54) is 22.3 Å². The molecule has 3 rings (SSSR count). The largest absolute Gasteiger partial charge is 0.392 e. The zero-order valence-electron chi connectivity index (χ0n) is 20.7. The van der Waals surface area contributed by atoms with Gasteiger partial charge in [-0.2, -0.15) is 0 Å². The van der Waals surface area contributed by atoms with Gasteiger partial charge in [-0.25, -0.2) is 0 Å². The van der Waals surface area contributed by atoms with Crippen LogP contribution in [0.15, 0.2) is 48.5 Å². The molecule has 7 heteroatoms. The average Bonchev–Trinajstić information content (AvgIpc) is 3.09. The van der Waals surface area contributed by atoms with Crippen LogP contribution in [0.3, 0.4) is 0 Å². The highest BCUT2D eigenvalue weighted by molar-refractivity contribution is 5.78. The SMILES string of the molecule is CC(O)C(CCCCNC(O)OC(C)(C)C)NC(O)OCC1c2ccccc2-c2ccccc21. The lowest BCUT2D eigenvalue weighted by atomic mass is 9.98. The summed E-state index contributed by atoms with van der Waals surface area (Å²) in [5.41, 5.74) is 4.40. The van der Waals surface area contributed by atoms with Gasteiger partial charge in [0.15, 0.2) is 0 Å². The molecule has 0 saturated heterocycles. The number of aliphatic hydroxyl groups excluding tert-OH is 3. The lowest BCUT2D eigenvalue weighted by molar-refractivity contribution is -0.181. The number of nitrogens with one attached hydrogen (secondary N) is 2. The summed E-state index contributed by atoms with van der Waals surface area (Å²) < 4.78 is 11.2. The lowest BCUT2D eigenvalue weighted by Gasteiger charge is -2.26. The first-order chi connectivity index (χ1) is 16.2. The molecule has 0 heterocycles. The first-order valence-corrected chi connectivity index (χ1v) is 12.2. The van der Waals surface area contributed by atoms with E-state index in [0.29, 0.717) is 19.6 Å². The van der Waals surface area contributed by atoms with Crippen molar-refractivity contribution in [3.63, 3.8) is 0 Å². The van der Waals surface area contributed by atoms with Gasteiger partial charge in [-0.05, 0) is 69.3 Å². The molecule has 4 atom stereocenters. The Morgan fingerprint density at radius 2 is 1.47 bits per heavy atom. The van der Waals surface area contributed by atoms with Gasteiger partial charge in [0.1, 0.15) is 0 Å². The smallest absolute Gasteiger partial charge is 0.214 e. The fraction of sp³-hybridized carbons (Fsp3) is 0.556. The molecule has 0 aromatic heterocycles. The third-order valence-electron chi connectivity index (χ3n) is 6.05. The van der Waals surface area contributed by atoms with Gasteiger partial charge >= 0.3 is 0 Å². The number of ether oxygens (including phenoxy) is 2. The summed E-state index contributed by atoms with van der Waals surface area (Å²) in [4.78, 5) is 0. The summed E-state index contributed by atoms with van der Waals surface area (Å²) in [5.74, 6) is 0.0571. The standard InChI is InChI=1S/C27H40N2O5/c1-18(30)24(15-9-10-16-28-25(31)34-27(2,3)4)29-26(32)33-17-23-21-13-7-5-11-19(21)20-12-6-8-14-22(20)23/h5-8,11-14,18,23-26,28-32H,9-10,15-17H2,1-4H3. The maximum absolute atomic E-state index is 10.5. The van der Waals surface area contributed by atoms with Crippen LogP contribution in [-0.2, 0) is 9.47 Å². The zero-order chi connectivity index (χ0) is 24.7. The quantitative estimate of drug-likeness (QED) is 0.225. The van der Waals surface area contributed by atoms with Gasteiger partial charge in [0.05, 0.1) is 18.3 Å². The molecular formula is C27H40N2O5. The Labute approximate surface area is 203 Å². The van der Waals surface area contributed by atoms with E-state index < -0.39 is 24.5 Å². The number of rotatable bonds is 13. The number of aliphatic hydroxyl groups is 3. The summed E-state index contributed by atoms with van der Waals surface area (Å²) >= 11 is 0. The van der Waals surface area contributed by atoms with Crippen LogP contribution in [0, 0.1) is 0 Å². The van der Waals surface area contributed by atoms with Crippen LogP contribution >= 0.6 is 0 Å². The second-order valence-electron chi connectivity index (χ2n) is 9.96. The van der Waals surface area contributed by atoms with Crippen LogP contribution in [0.1, 0.15) is 64.0 Å². The van der Waals surface area contributed by atoms with E-state index in [9.17, 15) is 15.3 Å². The molecule has 1 aliphatic rings. The van der Waals surface area contributed by atoms with Crippen LogP contribution in [-0.4, -0.2) is 59.0 Å². The zero-order valence-corrected chi connectivity index (χ0v) is 20.7. The molecule has 188 valence electrons. The van der Waals surface area contributed by atoms with Crippen molar-refractivity contribution >= 4 is 0 Å². The Balaban J connectivity index is 1.44. The third-order valence-corrected chi connectivity index (χ3v) is 6.05. The highest BCUT2D eigenvalue weighted by atomic mass is 16.6. The van der Waals surface area contributed by atoms with Crippen molar-refractivity contribution in [3.8, 4) is 11.1 Å². The van der Waals surface area contributed by atoms with Crippen molar-refractivity contribution in [1.82, 2.24) is 10.6 Å². The summed E-state index contributed by atoms with van der Waals surface area (Å²) in [6, 6.07) is 16.3. The average molecular weight is 473 g/mol. The van der Waals surface area contributed by atoms with Crippen LogP contribution in [0.4, 0.5) is 0 Å². The predicted molar refractivity (Wildman–Crippen MR) is 133 cm³/mol. The van der Waals surface area contributed by atoms with Crippen LogP contribution < -0.4 is 10.6 Å². The highest BCUT2D eigenvalue weighted by Gasteiger charge is 2.29. The van der Waals surface area contributed by atoms with E-state index in [-0.39, 0.29) is 12.0 Å². The van der Waals surface area contributed by atoms with E-state index in [1.54, 1.807) is 6.92 Å². The molecule has 0 aliphatic heterocycles. The Kier molecular flexibility index (Phi) is 9.62. The first kappa shape index (κ1) is 26.8. The van der Waals surface area contributed by atoms with Crippen molar-refractivity contribution in [2.24, 2.45) is 0 Å². The molecule has 34 heavy (non-hydrogen) atoms. The van der Waals surface area contributed by atoms with Crippen LogP contribution in [0.2, 0.25) is 0 Å². The highest BCUT2D eigenvalue weighted by Crippen LogP contribution is 2.44. The Bertz CT molecular complexity index is 853. The maximum Gasteiger partial charge on any atom is 0.214 e. The monoisotopic (exact) mass is 472 g/mol. The predicted octanol–water partition coefficient (Wildman–Crippen LogP) is 3.28. The lowest BCUT2D eigenvalue weighted by Crippen LogP contribution is -2.46. The minimum absolute atomic E-state index is 0.0571. The van der Waals surface area contributed by atoms with Crippen molar-refractivity contribution in [3.05, 3.63) is 59.7 Å². The minimum Gasteiger partial charge on any atom is -0.392 e. The second-order valence-corrected chi connectivity index (χ2v) is 9.96. The molecule has 4 unspecified atom stereocenters. The van der Waals surface area contributed by atoms with Gasteiger partial charge in [0.2, 0.25) is 12.8 Å². The summed E-state index contributed by atoms with van der Waals surface area (Å²) in [6.45, 7) is 8.28.